The van der Waals surface area contributed by atoms with E-state index in [-0.39, 0.29) is 17.3 Å². The van der Waals surface area contributed by atoms with Crippen molar-refractivity contribution in [3.05, 3.63) is 35.6 Å². The van der Waals surface area contributed by atoms with Gasteiger partial charge in [-0.15, -0.1) is 0 Å². The fraction of sp³-hybridized carbons (Fsp3) is 0.571. The summed E-state index contributed by atoms with van der Waals surface area (Å²) >= 11 is 0. The Morgan fingerprint density at radius 1 is 1.19 bits per heavy atom. The zero-order valence-electron chi connectivity index (χ0n) is 10.8. The molecule has 0 saturated carbocycles. The Bertz CT molecular complexity index is 339. The number of hydrogen-bond donors (Lipinski definition) is 1. The lowest BCUT2D eigenvalue weighted by molar-refractivity contribution is 0.257. The number of nitrogens with one attached hydrogen (secondary N) is 1. The second kappa shape index (κ2) is 4.96. The minimum Gasteiger partial charge on any atom is -0.307 e. The Hall–Kier alpha value is -0.890. The highest BCUT2D eigenvalue weighted by atomic mass is 19.1. The average molecular weight is 223 g/mol. The fourth-order valence-electron chi connectivity index (χ4n) is 1.87. The van der Waals surface area contributed by atoms with Gasteiger partial charge in [0.2, 0.25) is 0 Å². The molecule has 1 N–H and O–H groups in total. The topological polar surface area (TPSA) is 12.0 Å². The van der Waals surface area contributed by atoms with Crippen LogP contribution in [0.2, 0.25) is 0 Å². The van der Waals surface area contributed by atoms with Crippen molar-refractivity contribution >= 4 is 0 Å². The van der Waals surface area contributed by atoms with Gasteiger partial charge in [0.1, 0.15) is 5.82 Å². The van der Waals surface area contributed by atoms with E-state index in [0.717, 1.165) is 5.56 Å². The summed E-state index contributed by atoms with van der Waals surface area (Å²) in [6.07, 6.45) is 0. The lowest BCUT2D eigenvalue weighted by atomic mass is 9.82. The molecule has 1 aromatic carbocycles. The first kappa shape index (κ1) is 13.2. The summed E-state index contributed by atoms with van der Waals surface area (Å²) < 4.78 is 13.2. The summed E-state index contributed by atoms with van der Waals surface area (Å²) in [5.41, 5.74) is 1.08. The van der Waals surface area contributed by atoms with Gasteiger partial charge in [-0.05, 0) is 23.1 Å². The molecule has 0 radical (unpaired) electrons. The van der Waals surface area contributed by atoms with Gasteiger partial charge in [-0.25, -0.2) is 4.39 Å². The summed E-state index contributed by atoms with van der Waals surface area (Å²) in [6.45, 7) is 10.7. The van der Waals surface area contributed by atoms with Gasteiger partial charge in [0.25, 0.3) is 0 Å². The molecule has 16 heavy (non-hydrogen) atoms. The van der Waals surface area contributed by atoms with Gasteiger partial charge in [-0.3, -0.25) is 0 Å². The van der Waals surface area contributed by atoms with Crippen molar-refractivity contribution in [1.29, 1.82) is 0 Å². The highest BCUT2D eigenvalue weighted by Crippen LogP contribution is 2.33. The Morgan fingerprint density at radius 3 is 2.25 bits per heavy atom. The third-order valence-corrected chi connectivity index (χ3v) is 2.55. The van der Waals surface area contributed by atoms with Crippen LogP contribution in [0.25, 0.3) is 0 Å². The van der Waals surface area contributed by atoms with E-state index in [1.807, 2.05) is 6.07 Å². The van der Waals surface area contributed by atoms with Crippen molar-refractivity contribution in [2.75, 3.05) is 0 Å². The summed E-state index contributed by atoms with van der Waals surface area (Å²) in [5.74, 6) is -0.169. The Labute approximate surface area is 98.1 Å². The van der Waals surface area contributed by atoms with Gasteiger partial charge in [0.05, 0.1) is 0 Å². The largest absolute Gasteiger partial charge is 0.307 e. The van der Waals surface area contributed by atoms with Gasteiger partial charge in [0.15, 0.2) is 0 Å². The van der Waals surface area contributed by atoms with Crippen LogP contribution in [-0.4, -0.2) is 6.04 Å². The van der Waals surface area contributed by atoms with Crippen molar-refractivity contribution in [2.45, 2.75) is 46.7 Å². The lowest BCUT2D eigenvalue weighted by Crippen LogP contribution is -2.36. The summed E-state index contributed by atoms with van der Waals surface area (Å²) in [7, 11) is 0. The highest BCUT2D eigenvalue weighted by molar-refractivity contribution is 5.22. The molecular weight excluding hydrogens is 201 g/mol. The van der Waals surface area contributed by atoms with Crippen LogP contribution in [-0.2, 0) is 0 Å². The molecule has 1 nitrogen and oxygen atoms in total. The zero-order chi connectivity index (χ0) is 12.3. The molecule has 1 rings (SSSR count). The van der Waals surface area contributed by atoms with Gasteiger partial charge in [-0.2, -0.15) is 0 Å². The molecule has 0 aromatic heterocycles. The first-order valence-electron chi connectivity index (χ1n) is 5.82. The average Bonchev–Trinajstić information content (AvgIpc) is 2.12. The zero-order valence-corrected chi connectivity index (χ0v) is 10.8. The van der Waals surface area contributed by atoms with Gasteiger partial charge in [-0.1, -0.05) is 46.8 Å². The Morgan fingerprint density at radius 2 is 1.81 bits per heavy atom. The maximum atomic E-state index is 13.2. The van der Waals surface area contributed by atoms with Crippen LogP contribution >= 0.6 is 0 Å². The molecule has 0 spiro atoms. The minimum absolute atomic E-state index is 0.0675. The second-order valence-electron chi connectivity index (χ2n) is 5.68. The molecular formula is C14H22FN. The van der Waals surface area contributed by atoms with E-state index in [1.165, 1.54) is 6.07 Å². The van der Waals surface area contributed by atoms with Crippen LogP contribution in [0, 0.1) is 11.2 Å². The molecule has 0 fully saturated rings. The smallest absolute Gasteiger partial charge is 0.123 e. The van der Waals surface area contributed by atoms with Crippen molar-refractivity contribution < 1.29 is 4.39 Å². The monoisotopic (exact) mass is 223 g/mol. The molecule has 0 bridgehead atoms. The highest BCUT2D eigenvalue weighted by Gasteiger charge is 2.26. The van der Waals surface area contributed by atoms with E-state index >= 15 is 0 Å². The molecule has 0 heterocycles. The van der Waals surface area contributed by atoms with E-state index < -0.39 is 0 Å². The van der Waals surface area contributed by atoms with Crippen molar-refractivity contribution in [2.24, 2.45) is 5.41 Å². The fourth-order valence-corrected chi connectivity index (χ4v) is 1.87. The quantitative estimate of drug-likeness (QED) is 0.819. The summed E-state index contributed by atoms with van der Waals surface area (Å²) in [5, 5.41) is 3.50. The van der Waals surface area contributed by atoms with Crippen molar-refractivity contribution in [3.63, 3.8) is 0 Å². The van der Waals surface area contributed by atoms with E-state index in [0.29, 0.717) is 6.04 Å². The lowest BCUT2D eigenvalue weighted by Gasteiger charge is -2.33. The first-order chi connectivity index (χ1) is 7.30. The number of benzene rings is 1. The first-order valence-corrected chi connectivity index (χ1v) is 5.82. The predicted molar refractivity (Wildman–Crippen MR) is 66.9 cm³/mol. The maximum absolute atomic E-state index is 13.2. The van der Waals surface area contributed by atoms with Crippen LogP contribution < -0.4 is 5.32 Å². The second-order valence-corrected chi connectivity index (χ2v) is 5.68. The third-order valence-electron chi connectivity index (χ3n) is 2.55. The normalized spacial score (nSPS) is 14.2. The van der Waals surface area contributed by atoms with Gasteiger partial charge >= 0.3 is 0 Å². The van der Waals surface area contributed by atoms with E-state index in [1.54, 1.807) is 12.1 Å². The predicted octanol–water partition coefficient (Wildman–Crippen LogP) is 3.91. The molecule has 1 atom stereocenters. The Balaban J connectivity index is 3.01. The number of rotatable bonds is 3. The van der Waals surface area contributed by atoms with E-state index in [9.17, 15) is 4.39 Å². The van der Waals surface area contributed by atoms with Crippen LogP contribution in [0.4, 0.5) is 4.39 Å². The molecule has 90 valence electrons. The van der Waals surface area contributed by atoms with Gasteiger partial charge in [0, 0.05) is 12.1 Å². The molecule has 0 amide bonds. The number of hydrogen-bond acceptors (Lipinski definition) is 1. The van der Waals surface area contributed by atoms with Crippen LogP contribution in [0.3, 0.4) is 0 Å². The van der Waals surface area contributed by atoms with E-state index in [2.05, 4.69) is 39.9 Å². The van der Waals surface area contributed by atoms with Crippen molar-refractivity contribution in [1.82, 2.24) is 5.32 Å². The van der Waals surface area contributed by atoms with E-state index in [4.69, 9.17) is 0 Å². The molecule has 1 unspecified atom stereocenters. The van der Waals surface area contributed by atoms with Crippen molar-refractivity contribution in [3.8, 4) is 0 Å². The maximum Gasteiger partial charge on any atom is 0.123 e. The Kier molecular flexibility index (Phi) is 4.09. The molecule has 2 heteroatoms. The summed E-state index contributed by atoms with van der Waals surface area (Å²) in [4.78, 5) is 0. The molecule has 1 aromatic rings. The van der Waals surface area contributed by atoms with Gasteiger partial charge < -0.3 is 5.32 Å². The standard InChI is InChI=1S/C14H22FN/c1-10(2)16-13(14(3,4)5)11-7-6-8-12(15)9-11/h6-10,13,16H,1-5H3. The molecule has 0 aliphatic heterocycles. The SMILES string of the molecule is CC(C)NC(c1cccc(F)c1)C(C)(C)C. The van der Waals surface area contributed by atoms with Crippen LogP contribution in [0.15, 0.2) is 24.3 Å². The van der Waals surface area contributed by atoms with Crippen LogP contribution in [0.1, 0.15) is 46.2 Å². The molecule has 0 aliphatic carbocycles. The molecule has 0 aliphatic rings. The van der Waals surface area contributed by atoms with Crippen LogP contribution in [0.5, 0.6) is 0 Å². The minimum atomic E-state index is -0.169. The third kappa shape index (κ3) is 3.60. The molecule has 0 saturated heterocycles. The number of halogens is 1. The summed E-state index contributed by atoms with van der Waals surface area (Å²) in [6, 6.07) is 7.40.